The summed E-state index contributed by atoms with van der Waals surface area (Å²) in [5.41, 5.74) is 4.00. The van der Waals surface area contributed by atoms with Gasteiger partial charge in [0.25, 0.3) is 5.91 Å². The number of carbonyl (C=O) groups excluding carboxylic acids is 1. The molecule has 0 bridgehead atoms. The fourth-order valence-corrected chi connectivity index (χ4v) is 2.82. The number of carbonyl (C=O) groups is 1. The van der Waals surface area contributed by atoms with Crippen LogP contribution in [0.1, 0.15) is 16.2 Å². The van der Waals surface area contributed by atoms with Gasteiger partial charge in [-0.25, -0.2) is 0 Å². The molecule has 0 aliphatic rings. The zero-order valence-electron chi connectivity index (χ0n) is 15.4. The molecule has 1 amide bonds. The van der Waals surface area contributed by atoms with Crippen LogP contribution in [0.3, 0.4) is 0 Å². The fourth-order valence-electron chi connectivity index (χ4n) is 2.82. The lowest BCUT2D eigenvalue weighted by Gasteiger charge is -2.05. The van der Waals surface area contributed by atoms with Gasteiger partial charge >= 0.3 is 0 Å². The third-order valence-electron chi connectivity index (χ3n) is 4.28. The number of rotatable bonds is 6. The Bertz CT molecular complexity index is 1070. The Balaban J connectivity index is 1.36. The Kier molecular flexibility index (Phi) is 4.92. The van der Waals surface area contributed by atoms with E-state index in [-0.39, 0.29) is 11.6 Å². The molecule has 140 valence electrons. The van der Waals surface area contributed by atoms with Crippen molar-refractivity contribution in [3.63, 3.8) is 0 Å². The summed E-state index contributed by atoms with van der Waals surface area (Å²) in [6.07, 6.45) is 4.95. The maximum absolute atomic E-state index is 12.3. The number of nitrogens with zero attached hydrogens (tertiary/aromatic N) is 6. The molecule has 28 heavy (non-hydrogen) atoms. The summed E-state index contributed by atoms with van der Waals surface area (Å²) in [4.78, 5) is 17.8. The highest BCUT2D eigenvalue weighted by molar-refractivity contribution is 5.91. The first-order chi connectivity index (χ1) is 13.7. The molecule has 0 radical (unpaired) electrons. The first-order valence-electron chi connectivity index (χ1n) is 8.91. The van der Waals surface area contributed by atoms with Gasteiger partial charge in [0.2, 0.25) is 0 Å². The van der Waals surface area contributed by atoms with Crippen molar-refractivity contribution in [2.45, 2.75) is 13.5 Å². The molecule has 1 aromatic carbocycles. The summed E-state index contributed by atoms with van der Waals surface area (Å²) < 4.78 is 1.87. The van der Waals surface area contributed by atoms with Crippen LogP contribution in [-0.2, 0) is 6.54 Å². The molecular weight excluding hydrogens is 354 g/mol. The Hall–Kier alpha value is -3.81. The molecule has 0 saturated heterocycles. The van der Waals surface area contributed by atoms with Gasteiger partial charge in [-0.05, 0) is 37.3 Å². The van der Waals surface area contributed by atoms with Crippen LogP contribution in [0.2, 0.25) is 0 Å². The first kappa shape index (κ1) is 17.6. The number of benzene rings is 1. The number of aryl methyl sites for hydroxylation is 1. The molecule has 4 aromatic rings. The van der Waals surface area contributed by atoms with E-state index >= 15 is 0 Å². The van der Waals surface area contributed by atoms with E-state index in [1.165, 1.54) is 11.0 Å². The third kappa shape index (κ3) is 3.80. The van der Waals surface area contributed by atoms with Crippen LogP contribution in [0.15, 0.2) is 67.1 Å². The molecule has 1 N–H and O–H groups in total. The molecule has 0 atom stereocenters. The van der Waals surface area contributed by atoms with Crippen LogP contribution in [0.5, 0.6) is 0 Å². The van der Waals surface area contributed by atoms with Crippen molar-refractivity contribution in [1.29, 1.82) is 0 Å². The smallest absolute Gasteiger partial charge is 0.273 e. The summed E-state index contributed by atoms with van der Waals surface area (Å²) >= 11 is 0. The van der Waals surface area contributed by atoms with Crippen molar-refractivity contribution in [3.05, 3.63) is 78.5 Å². The summed E-state index contributed by atoms with van der Waals surface area (Å²) in [6.45, 7) is 3.00. The molecule has 3 aromatic heterocycles. The number of hydrogen-bond acceptors (Lipinski definition) is 5. The van der Waals surface area contributed by atoms with Crippen LogP contribution in [0, 0.1) is 6.92 Å². The van der Waals surface area contributed by atoms with E-state index in [0.29, 0.717) is 13.1 Å². The number of nitrogens with one attached hydrogen (secondary N) is 1. The number of aromatic nitrogens is 6. The van der Waals surface area contributed by atoms with E-state index in [0.717, 1.165) is 22.6 Å². The summed E-state index contributed by atoms with van der Waals surface area (Å²) in [7, 11) is 0. The monoisotopic (exact) mass is 373 g/mol. The van der Waals surface area contributed by atoms with Gasteiger partial charge in [0, 0.05) is 30.2 Å². The molecule has 0 saturated carbocycles. The maximum Gasteiger partial charge on any atom is 0.273 e. The van der Waals surface area contributed by atoms with Crippen LogP contribution in [0.4, 0.5) is 0 Å². The average Bonchev–Trinajstić information content (AvgIpc) is 3.37. The Morgan fingerprint density at radius 3 is 2.64 bits per heavy atom. The fraction of sp³-hybridized carbons (Fsp3) is 0.150. The molecule has 0 aliphatic heterocycles. The summed E-state index contributed by atoms with van der Waals surface area (Å²) in [6, 6.07) is 15.3. The van der Waals surface area contributed by atoms with Gasteiger partial charge in [-0.15, -0.1) is 5.10 Å². The van der Waals surface area contributed by atoms with E-state index in [9.17, 15) is 4.79 Å². The molecule has 0 unspecified atom stereocenters. The van der Waals surface area contributed by atoms with E-state index in [4.69, 9.17) is 0 Å². The van der Waals surface area contributed by atoms with Crippen molar-refractivity contribution in [1.82, 2.24) is 35.1 Å². The lowest BCUT2D eigenvalue weighted by atomic mass is 10.2. The Morgan fingerprint density at radius 2 is 1.86 bits per heavy atom. The minimum absolute atomic E-state index is 0.263. The van der Waals surface area contributed by atoms with Gasteiger partial charge in [0.1, 0.15) is 0 Å². The Morgan fingerprint density at radius 1 is 1.07 bits per heavy atom. The van der Waals surface area contributed by atoms with Crippen molar-refractivity contribution in [3.8, 4) is 16.9 Å². The van der Waals surface area contributed by atoms with E-state index in [1.54, 1.807) is 12.4 Å². The molecule has 3 heterocycles. The zero-order valence-corrected chi connectivity index (χ0v) is 15.4. The highest BCUT2D eigenvalue weighted by atomic mass is 16.2. The summed E-state index contributed by atoms with van der Waals surface area (Å²) in [5.74, 6) is -0.263. The zero-order chi connectivity index (χ0) is 19.3. The van der Waals surface area contributed by atoms with Gasteiger partial charge < -0.3 is 5.32 Å². The van der Waals surface area contributed by atoms with Crippen LogP contribution < -0.4 is 5.32 Å². The second-order valence-electron chi connectivity index (χ2n) is 6.24. The molecule has 0 spiro atoms. The van der Waals surface area contributed by atoms with Crippen molar-refractivity contribution in [2.24, 2.45) is 0 Å². The van der Waals surface area contributed by atoms with Gasteiger partial charge in [-0.3, -0.25) is 14.5 Å². The van der Waals surface area contributed by atoms with E-state index in [1.807, 2.05) is 60.1 Å². The third-order valence-corrected chi connectivity index (χ3v) is 4.28. The second kappa shape index (κ2) is 7.83. The number of amides is 1. The molecular formula is C20H19N7O. The van der Waals surface area contributed by atoms with Crippen molar-refractivity contribution < 1.29 is 4.79 Å². The normalized spacial score (nSPS) is 10.8. The highest BCUT2D eigenvalue weighted by Gasteiger charge is 2.12. The SMILES string of the molecule is Cc1cc(-c2ccncc2)nn1CCNC(=O)c1cnn(-c2ccccc2)n1. The van der Waals surface area contributed by atoms with Crippen LogP contribution >= 0.6 is 0 Å². The lowest BCUT2D eigenvalue weighted by molar-refractivity contribution is 0.0946. The van der Waals surface area contributed by atoms with Crippen LogP contribution in [-0.4, -0.2) is 42.2 Å². The molecule has 4 rings (SSSR count). The van der Waals surface area contributed by atoms with Gasteiger partial charge in [0.15, 0.2) is 5.69 Å². The van der Waals surface area contributed by atoms with Gasteiger partial charge in [0.05, 0.1) is 24.1 Å². The minimum atomic E-state index is -0.263. The Labute approximate surface area is 161 Å². The predicted octanol–water partition coefficient (Wildman–Crippen LogP) is 2.26. The predicted molar refractivity (Wildman–Crippen MR) is 104 cm³/mol. The standard InChI is InChI=1S/C20H19N7O/c1-15-13-18(16-7-9-21-10-8-16)24-26(15)12-11-22-20(28)19-14-23-27(25-19)17-5-3-2-4-6-17/h2-10,13-14H,11-12H2,1H3,(H,22,28). The minimum Gasteiger partial charge on any atom is -0.349 e. The quantitative estimate of drug-likeness (QED) is 0.560. The van der Waals surface area contributed by atoms with E-state index in [2.05, 4.69) is 25.6 Å². The maximum atomic E-state index is 12.3. The van der Waals surface area contributed by atoms with Crippen LogP contribution in [0.25, 0.3) is 16.9 Å². The topological polar surface area (TPSA) is 90.5 Å². The molecule has 8 nitrogen and oxygen atoms in total. The van der Waals surface area contributed by atoms with Gasteiger partial charge in [-0.1, -0.05) is 18.2 Å². The second-order valence-corrected chi connectivity index (χ2v) is 6.24. The van der Waals surface area contributed by atoms with E-state index < -0.39 is 0 Å². The molecule has 0 aliphatic carbocycles. The number of hydrogen-bond donors (Lipinski definition) is 1. The van der Waals surface area contributed by atoms with Gasteiger partial charge in [-0.2, -0.15) is 15.0 Å². The number of pyridine rings is 1. The van der Waals surface area contributed by atoms with Crippen molar-refractivity contribution >= 4 is 5.91 Å². The largest absolute Gasteiger partial charge is 0.349 e. The first-order valence-corrected chi connectivity index (χ1v) is 8.91. The number of para-hydroxylation sites is 1. The summed E-state index contributed by atoms with van der Waals surface area (Å²) in [5, 5.41) is 15.8. The average molecular weight is 373 g/mol. The lowest BCUT2D eigenvalue weighted by Crippen LogP contribution is -2.28. The highest BCUT2D eigenvalue weighted by Crippen LogP contribution is 2.17. The molecule has 0 fully saturated rings. The molecule has 8 heteroatoms. The van der Waals surface area contributed by atoms with Crippen molar-refractivity contribution in [2.75, 3.05) is 6.54 Å².